The van der Waals surface area contributed by atoms with Gasteiger partial charge in [0.1, 0.15) is 5.65 Å². The van der Waals surface area contributed by atoms with Crippen LogP contribution in [0.1, 0.15) is 16.9 Å². The highest BCUT2D eigenvalue weighted by Gasteiger charge is 2.17. The molecule has 0 aliphatic rings. The Morgan fingerprint density at radius 3 is 3.11 bits per heavy atom. The van der Waals surface area contributed by atoms with E-state index in [1.165, 1.54) is 0 Å². The molecule has 18 heavy (non-hydrogen) atoms. The number of nitrogens with zero attached hydrogens (tertiary/aromatic N) is 2. The molecule has 0 saturated heterocycles. The topological polar surface area (TPSA) is 75.9 Å². The Labute approximate surface area is 104 Å². The predicted octanol–water partition coefficient (Wildman–Crippen LogP) is 1.48. The molecule has 0 aromatic carbocycles. The third kappa shape index (κ3) is 2.43. The minimum absolute atomic E-state index is 0.156. The lowest BCUT2D eigenvalue weighted by Crippen LogP contribution is -2.10. The Bertz CT molecular complexity index is 550. The van der Waals surface area contributed by atoms with Crippen LogP contribution in [0, 0.1) is 0 Å². The number of aromatic nitrogens is 2. The van der Waals surface area contributed by atoms with E-state index in [2.05, 4.69) is 10.3 Å². The number of nitrogens with one attached hydrogen (secondary N) is 1. The molecule has 96 valence electrons. The highest BCUT2D eigenvalue weighted by molar-refractivity contribution is 5.92. The van der Waals surface area contributed by atoms with E-state index in [0.717, 1.165) is 6.42 Å². The summed E-state index contributed by atoms with van der Waals surface area (Å²) in [7, 11) is 1.63. The zero-order valence-electron chi connectivity index (χ0n) is 10.1. The van der Waals surface area contributed by atoms with Crippen LogP contribution in [0.4, 0.5) is 5.82 Å². The second-order valence-electron chi connectivity index (χ2n) is 3.82. The van der Waals surface area contributed by atoms with Crippen molar-refractivity contribution in [2.75, 3.05) is 25.6 Å². The molecule has 0 amide bonds. The highest BCUT2D eigenvalue weighted by Crippen LogP contribution is 2.17. The number of aromatic carboxylic acids is 1. The van der Waals surface area contributed by atoms with Crippen molar-refractivity contribution in [1.82, 2.24) is 9.38 Å². The summed E-state index contributed by atoms with van der Waals surface area (Å²) in [5.41, 5.74) is 0.771. The monoisotopic (exact) mass is 249 g/mol. The van der Waals surface area contributed by atoms with E-state index < -0.39 is 5.97 Å². The molecule has 0 saturated carbocycles. The normalized spacial score (nSPS) is 10.7. The van der Waals surface area contributed by atoms with E-state index in [4.69, 9.17) is 4.74 Å². The van der Waals surface area contributed by atoms with Gasteiger partial charge in [0.05, 0.1) is 0 Å². The smallest absolute Gasteiger partial charge is 0.356 e. The van der Waals surface area contributed by atoms with Gasteiger partial charge in [-0.15, -0.1) is 0 Å². The van der Waals surface area contributed by atoms with Crippen LogP contribution in [-0.4, -0.2) is 40.7 Å². The molecule has 2 aromatic heterocycles. The van der Waals surface area contributed by atoms with Crippen molar-refractivity contribution in [2.45, 2.75) is 6.42 Å². The zero-order chi connectivity index (χ0) is 13.0. The number of fused-ring (bicyclic) bond motifs is 1. The maximum absolute atomic E-state index is 11.3. The lowest BCUT2D eigenvalue weighted by atomic mass is 10.4. The molecule has 0 fully saturated rings. The maximum Gasteiger partial charge on any atom is 0.356 e. The number of rotatable bonds is 6. The van der Waals surface area contributed by atoms with Gasteiger partial charge in [-0.25, -0.2) is 9.78 Å². The van der Waals surface area contributed by atoms with Gasteiger partial charge in [0.25, 0.3) is 0 Å². The minimum Gasteiger partial charge on any atom is -0.476 e. The van der Waals surface area contributed by atoms with Gasteiger partial charge < -0.3 is 15.2 Å². The third-order valence-corrected chi connectivity index (χ3v) is 2.55. The summed E-state index contributed by atoms with van der Waals surface area (Å²) in [6.07, 6.45) is 2.48. The molecule has 0 bridgehead atoms. The van der Waals surface area contributed by atoms with Crippen molar-refractivity contribution in [1.29, 1.82) is 0 Å². The fourth-order valence-electron chi connectivity index (χ4n) is 1.75. The average Bonchev–Trinajstić information content (AvgIpc) is 2.73. The first-order chi connectivity index (χ1) is 8.74. The van der Waals surface area contributed by atoms with Gasteiger partial charge in [0.2, 0.25) is 0 Å². The van der Waals surface area contributed by atoms with Crippen molar-refractivity contribution in [3.05, 3.63) is 30.1 Å². The second kappa shape index (κ2) is 5.50. The van der Waals surface area contributed by atoms with Gasteiger partial charge in [-0.3, -0.25) is 4.40 Å². The van der Waals surface area contributed by atoms with Crippen LogP contribution in [0.15, 0.2) is 24.4 Å². The van der Waals surface area contributed by atoms with Crippen LogP contribution >= 0.6 is 0 Å². The van der Waals surface area contributed by atoms with E-state index >= 15 is 0 Å². The lowest BCUT2D eigenvalue weighted by molar-refractivity contribution is 0.0690. The van der Waals surface area contributed by atoms with E-state index in [9.17, 15) is 9.90 Å². The molecule has 0 atom stereocenters. The number of imidazole rings is 1. The summed E-state index contributed by atoms with van der Waals surface area (Å²) in [6.45, 7) is 1.25. The van der Waals surface area contributed by atoms with E-state index in [1.54, 1.807) is 29.8 Å². The molecule has 0 unspecified atom stereocenters. The van der Waals surface area contributed by atoms with Gasteiger partial charge in [-0.2, -0.15) is 0 Å². The summed E-state index contributed by atoms with van der Waals surface area (Å²) in [5.74, 6) is -0.604. The molecule has 0 radical (unpaired) electrons. The van der Waals surface area contributed by atoms with Gasteiger partial charge in [0.15, 0.2) is 11.5 Å². The first kappa shape index (κ1) is 12.4. The number of hydrogen-bond acceptors (Lipinski definition) is 4. The summed E-state index contributed by atoms with van der Waals surface area (Å²) in [6, 6.07) is 5.37. The number of carbonyl (C=O) groups is 1. The van der Waals surface area contributed by atoms with Crippen LogP contribution in [-0.2, 0) is 4.74 Å². The number of hydrogen-bond donors (Lipinski definition) is 2. The first-order valence-corrected chi connectivity index (χ1v) is 5.67. The van der Waals surface area contributed by atoms with Crippen molar-refractivity contribution in [2.24, 2.45) is 0 Å². The van der Waals surface area contributed by atoms with Gasteiger partial charge in [-0.05, 0) is 18.6 Å². The average molecular weight is 249 g/mol. The molecule has 2 heterocycles. The fraction of sp³-hybridized carbons (Fsp3) is 0.333. The number of carboxylic acids is 1. The summed E-state index contributed by atoms with van der Waals surface area (Å²) >= 11 is 0. The Hall–Kier alpha value is -2.08. The third-order valence-electron chi connectivity index (χ3n) is 2.55. The Morgan fingerprint density at radius 1 is 1.56 bits per heavy atom. The Morgan fingerprint density at radius 2 is 2.39 bits per heavy atom. The SMILES string of the molecule is COCCCNc1nc2ccccn2c1C(=O)O. The molecule has 0 spiro atoms. The molecule has 2 aromatic rings. The second-order valence-corrected chi connectivity index (χ2v) is 3.82. The number of anilines is 1. The van der Waals surface area contributed by atoms with Crippen LogP contribution in [0.25, 0.3) is 5.65 Å². The van der Waals surface area contributed by atoms with Crippen molar-refractivity contribution in [3.63, 3.8) is 0 Å². The molecular formula is C12H15N3O3. The molecule has 6 heteroatoms. The van der Waals surface area contributed by atoms with Crippen LogP contribution in [0.2, 0.25) is 0 Å². The molecule has 2 rings (SSSR count). The van der Waals surface area contributed by atoms with Gasteiger partial charge in [-0.1, -0.05) is 6.07 Å². The molecule has 0 aliphatic heterocycles. The number of pyridine rings is 1. The number of ether oxygens (including phenoxy) is 1. The van der Waals surface area contributed by atoms with Crippen LogP contribution in [0.5, 0.6) is 0 Å². The Balaban J connectivity index is 2.25. The predicted molar refractivity (Wildman–Crippen MR) is 67.1 cm³/mol. The largest absolute Gasteiger partial charge is 0.476 e. The van der Waals surface area contributed by atoms with Crippen LogP contribution in [0.3, 0.4) is 0 Å². The standard InChI is InChI=1S/C12H15N3O3/c1-18-8-4-6-13-11-10(12(16)17)15-7-3-2-5-9(15)14-11/h2-3,5,7,13H,4,6,8H2,1H3,(H,16,17). The number of methoxy groups -OCH3 is 1. The van der Waals surface area contributed by atoms with Crippen molar-refractivity contribution in [3.8, 4) is 0 Å². The molecular weight excluding hydrogens is 234 g/mol. The first-order valence-electron chi connectivity index (χ1n) is 5.67. The van der Waals surface area contributed by atoms with E-state index in [1.807, 2.05) is 6.07 Å². The summed E-state index contributed by atoms with van der Waals surface area (Å²) < 4.78 is 6.49. The Kier molecular flexibility index (Phi) is 3.78. The van der Waals surface area contributed by atoms with Gasteiger partial charge in [0, 0.05) is 26.5 Å². The zero-order valence-corrected chi connectivity index (χ0v) is 10.1. The van der Waals surface area contributed by atoms with Gasteiger partial charge >= 0.3 is 5.97 Å². The highest BCUT2D eigenvalue weighted by atomic mass is 16.5. The lowest BCUT2D eigenvalue weighted by Gasteiger charge is -2.03. The number of carboxylic acid groups (broad SMARTS) is 1. The van der Waals surface area contributed by atoms with E-state index in [0.29, 0.717) is 24.6 Å². The molecule has 6 nitrogen and oxygen atoms in total. The minimum atomic E-state index is -0.997. The fourth-order valence-corrected chi connectivity index (χ4v) is 1.75. The summed E-state index contributed by atoms with van der Waals surface area (Å²) in [4.78, 5) is 15.5. The maximum atomic E-state index is 11.3. The summed E-state index contributed by atoms with van der Waals surface area (Å²) in [5, 5.41) is 12.3. The van der Waals surface area contributed by atoms with Crippen molar-refractivity contribution >= 4 is 17.4 Å². The molecule has 2 N–H and O–H groups in total. The van der Waals surface area contributed by atoms with E-state index in [-0.39, 0.29) is 5.69 Å². The molecule has 0 aliphatic carbocycles. The quantitative estimate of drug-likeness (QED) is 0.758. The van der Waals surface area contributed by atoms with Crippen LogP contribution < -0.4 is 5.32 Å². The van der Waals surface area contributed by atoms with Crippen molar-refractivity contribution < 1.29 is 14.6 Å².